The lowest BCUT2D eigenvalue weighted by Gasteiger charge is -2.21. The molecule has 1 unspecified atom stereocenters. The van der Waals surface area contributed by atoms with Crippen LogP contribution in [0.5, 0.6) is 0 Å². The normalized spacial score (nSPS) is 18.9. The van der Waals surface area contributed by atoms with E-state index in [0.29, 0.717) is 17.7 Å². The predicted molar refractivity (Wildman–Crippen MR) is 105 cm³/mol. The van der Waals surface area contributed by atoms with Gasteiger partial charge in [-0.1, -0.05) is 54.6 Å². The maximum atomic E-state index is 12.8. The third-order valence-corrected chi connectivity index (χ3v) is 5.03. The van der Waals surface area contributed by atoms with Crippen LogP contribution in [0.3, 0.4) is 0 Å². The zero-order chi connectivity index (χ0) is 19.7. The van der Waals surface area contributed by atoms with Gasteiger partial charge in [0.1, 0.15) is 5.76 Å². The highest BCUT2D eigenvalue weighted by Crippen LogP contribution is 2.36. The van der Waals surface area contributed by atoms with Crippen molar-refractivity contribution in [1.29, 1.82) is 0 Å². The van der Waals surface area contributed by atoms with Crippen molar-refractivity contribution in [3.05, 3.63) is 76.9 Å². The quantitative estimate of drug-likeness (QED) is 0.558. The van der Waals surface area contributed by atoms with E-state index in [9.17, 15) is 14.7 Å². The molecule has 2 aromatic carbocycles. The minimum atomic E-state index is -0.359. The van der Waals surface area contributed by atoms with Gasteiger partial charge in [0.15, 0.2) is 5.78 Å². The van der Waals surface area contributed by atoms with E-state index in [0.717, 1.165) is 11.1 Å². The van der Waals surface area contributed by atoms with E-state index in [2.05, 4.69) is 10.5 Å². The van der Waals surface area contributed by atoms with Crippen LogP contribution >= 0.6 is 0 Å². The molecule has 2 aromatic rings. The number of nitrogens with two attached hydrogens (primary N) is 1. The molecular formula is C21H20N4O3. The summed E-state index contributed by atoms with van der Waals surface area (Å²) in [6.07, 6.45) is 0.538. The van der Waals surface area contributed by atoms with E-state index in [1.807, 2.05) is 48.5 Å². The summed E-state index contributed by atoms with van der Waals surface area (Å²) in [5.74, 6) is 4.72. The molecule has 0 saturated heterocycles. The van der Waals surface area contributed by atoms with E-state index < -0.39 is 0 Å². The summed E-state index contributed by atoms with van der Waals surface area (Å²) in [7, 11) is 0. The van der Waals surface area contributed by atoms with Gasteiger partial charge in [-0.05, 0) is 11.1 Å². The van der Waals surface area contributed by atoms with Gasteiger partial charge >= 0.3 is 0 Å². The largest absolute Gasteiger partial charge is 0.506 e. The smallest absolute Gasteiger partial charge is 0.258 e. The van der Waals surface area contributed by atoms with Crippen molar-refractivity contribution in [2.24, 2.45) is 10.9 Å². The topological polar surface area (TPSA) is 108 Å². The number of benzene rings is 2. The first kappa shape index (κ1) is 18.1. The molecule has 1 atom stereocenters. The summed E-state index contributed by atoms with van der Waals surface area (Å²) < 4.78 is 0. The van der Waals surface area contributed by atoms with Gasteiger partial charge in [0.25, 0.3) is 5.91 Å². The molecule has 0 saturated carbocycles. The molecule has 1 aliphatic heterocycles. The third-order valence-electron chi connectivity index (χ3n) is 5.03. The molecule has 4 rings (SSSR count). The predicted octanol–water partition coefficient (Wildman–Crippen LogP) is 1.87. The summed E-state index contributed by atoms with van der Waals surface area (Å²) in [6.45, 7) is -0.0814. The first-order chi connectivity index (χ1) is 13.6. The molecule has 28 heavy (non-hydrogen) atoms. The lowest BCUT2D eigenvalue weighted by atomic mass is 9.85. The van der Waals surface area contributed by atoms with Crippen LogP contribution in [0.2, 0.25) is 0 Å². The Morgan fingerprint density at radius 3 is 2.64 bits per heavy atom. The monoisotopic (exact) mass is 376 g/mol. The van der Waals surface area contributed by atoms with Gasteiger partial charge in [0.2, 0.25) is 0 Å². The Hall–Kier alpha value is -3.29. The van der Waals surface area contributed by atoms with Gasteiger partial charge in [0, 0.05) is 18.4 Å². The van der Waals surface area contributed by atoms with Crippen LogP contribution in [0.25, 0.3) is 5.76 Å². The summed E-state index contributed by atoms with van der Waals surface area (Å²) in [4.78, 5) is 25.3. The van der Waals surface area contributed by atoms with Crippen LogP contribution in [0.1, 0.15) is 29.2 Å². The molecule has 7 heteroatoms. The highest BCUT2D eigenvalue weighted by atomic mass is 16.3. The van der Waals surface area contributed by atoms with Crippen LogP contribution < -0.4 is 11.3 Å². The molecule has 4 N–H and O–H groups in total. The number of aliphatic hydroxyl groups is 1. The number of allylic oxidation sites excluding steroid dienone is 1. The third kappa shape index (κ3) is 3.11. The molecule has 0 aromatic heterocycles. The number of Topliss-reactive ketones (excluding diaryl/α,β-unsaturated/α-hetero) is 1. The van der Waals surface area contributed by atoms with Crippen LogP contribution in [0, 0.1) is 0 Å². The molecule has 1 aliphatic carbocycles. The molecule has 0 spiro atoms. The highest BCUT2D eigenvalue weighted by molar-refractivity contribution is 6.28. The average molecular weight is 376 g/mol. The Morgan fingerprint density at radius 1 is 1.18 bits per heavy atom. The number of hydrogen-bond donors (Lipinski definition) is 3. The number of hydrazine groups is 1. The zero-order valence-corrected chi connectivity index (χ0v) is 15.1. The van der Waals surface area contributed by atoms with Crippen molar-refractivity contribution in [1.82, 2.24) is 10.4 Å². The van der Waals surface area contributed by atoms with Crippen molar-refractivity contribution in [3.63, 3.8) is 0 Å². The second-order valence-electron chi connectivity index (χ2n) is 6.78. The first-order valence-corrected chi connectivity index (χ1v) is 9.03. The molecule has 7 nitrogen and oxygen atoms in total. The summed E-state index contributed by atoms with van der Waals surface area (Å²) in [5.41, 5.74) is 5.27. The number of aliphatic hydroxyl groups excluding tert-OH is 1. The molecule has 0 fully saturated rings. The standard InChI is InChI=1S/C21H20N4O3/c22-23-12-19(27)25-17(13-6-2-1-3-7-13)11-16(24-25)20-18(26)10-14-8-4-5-9-15(14)21(20)28/h1-9,17,23,28H,10-12,22H2. The Bertz CT molecular complexity index is 998. The lowest BCUT2D eigenvalue weighted by molar-refractivity contribution is -0.132. The van der Waals surface area contributed by atoms with Crippen LogP contribution in [0.15, 0.2) is 65.3 Å². The highest BCUT2D eigenvalue weighted by Gasteiger charge is 2.37. The number of nitrogens with one attached hydrogen (secondary N) is 1. The number of nitrogens with zero attached hydrogens (tertiary/aromatic N) is 2. The average Bonchev–Trinajstić information content (AvgIpc) is 3.14. The molecule has 2 aliphatic rings. The Labute approximate surface area is 162 Å². The fourth-order valence-corrected chi connectivity index (χ4v) is 3.73. The summed E-state index contributed by atoms with van der Waals surface area (Å²) >= 11 is 0. The number of hydrazone groups is 1. The Kier molecular flexibility index (Phi) is 4.77. The number of rotatable bonds is 4. The summed E-state index contributed by atoms with van der Waals surface area (Å²) in [5, 5.41) is 16.6. The molecule has 1 amide bonds. The van der Waals surface area contributed by atoms with E-state index in [-0.39, 0.29) is 42.0 Å². The minimum Gasteiger partial charge on any atom is -0.506 e. The van der Waals surface area contributed by atoms with E-state index >= 15 is 0 Å². The molecular weight excluding hydrogens is 356 g/mol. The van der Waals surface area contributed by atoms with Gasteiger partial charge in [-0.2, -0.15) is 5.10 Å². The van der Waals surface area contributed by atoms with Crippen molar-refractivity contribution in [2.45, 2.75) is 18.9 Å². The van der Waals surface area contributed by atoms with Crippen molar-refractivity contribution in [2.75, 3.05) is 6.54 Å². The van der Waals surface area contributed by atoms with Gasteiger partial charge in [-0.3, -0.25) is 20.9 Å². The van der Waals surface area contributed by atoms with E-state index in [4.69, 9.17) is 5.84 Å². The maximum Gasteiger partial charge on any atom is 0.258 e. The van der Waals surface area contributed by atoms with E-state index in [1.54, 1.807) is 6.07 Å². The van der Waals surface area contributed by atoms with E-state index in [1.165, 1.54) is 5.01 Å². The number of ketones is 1. The van der Waals surface area contributed by atoms with Crippen LogP contribution in [-0.4, -0.2) is 34.1 Å². The van der Waals surface area contributed by atoms with Crippen molar-refractivity contribution < 1.29 is 14.7 Å². The summed E-state index contributed by atoms with van der Waals surface area (Å²) in [6, 6.07) is 16.4. The molecule has 1 heterocycles. The number of carbonyl (C=O) groups excluding carboxylic acids is 2. The molecule has 142 valence electrons. The van der Waals surface area contributed by atoms with Crippen molar-refractivity contribution >= 4 is 23.2 Å². The van der Waals surface area contributed by atoms with Crippen LogP contribution in [0.4, 0.5) is 0 Å². The van der Waals surface area contributed by atoms with Gasteiger partial charge < -0.3 is 5.11 Å². The van der Waals surface area contributed by atoms with Crippen LogP contribution in [-0.2, 0) is 16.0 Å². The Morgan fingerprint density at radius 2 is 1.89 bits per heavy atom. The maximum absolute atomic E-state index is 12.8. The fourth-order valence-electron chi connectivity index (χ4n) is 3.73. The van der Waals surface area contributed by atoms with Gasteiger partial charge in [0.05, 0.1) is 23.9 Å². The number of amides is 1. The zero-order valence-electron chi connectivity index (χ0n) is 15.1. The second kappa shape index (κ2) is 7.38. The molecule has 0 bridgehead atoms. The molecule has 0 radical (unpaired) electrons. The lowest BCUT2D eigenvalue weighted by Crippen LogP contribution is -2.38. The Balaban J connectivity index is 1.76. The fraction of sp³-hybridized carbons (Fsp3) is 0.190. The number of carbonyl (C=O) groups is 2. The van der Waals surface area contributed by atoms with Gasteiger partial charge in [-0.15, -0.1) is 0 Å². The minimum absolute atomic E-state index is 0.0799. The number of hydrogen-bond acceptors (Lipinski definition) is 6. The second-order valence-corrected chi connectivity index (χ2v) is 6.78. The SMILES string of the molecule is NNCC(=O)N1N=C(C2=C(O)c3ccccc3CC2=O)CC1c1ccccc1. The van der Waals surface area contributed by atoms with Gasteiger partial charge in [-0.25, -0.2) is 5.01 Å². The van der Waals surface area contributed by atoms with Crippen molar-refractivity contribution in [3.8, 4) is 0 Å². The first-order valence-electron chi connectivity index (χ1n) is 9.03. The number of fused-ring (bicyclic) bond motifs is 1.